The predicted molar refractivity (Wildman–Crippen MR) is 140 cm³/mol. The number of piperidine rings is 1. The number of alkyl halides is 3. The summed E-state index contributed by atoms with van der Waals surface area (Å²) < 4.78 is 54.9. The van der Waals surface area contributed by atoms with Gasteiger partial charge in [0.15, 0.2) is 0 Å². The lowest BCUT2D eigenvalue weighted by Gasteiger charge is -2.33. The summed E-state index contributed by atoms with van der Waals surface area (Å²) in [5.74, 6) is -0.257. The number of aliphatic hydroxyl groups is 1. The number of fused-ring (bicyclic) bond motifs is 1. The van der Waals surface area contributed by atoms with Crippen molar-refractivity contribution in [3.05, 3.63) is 41.9 Å². The molecule has 1 aliphatic rings. The van der Waals surface area contributed by atoms with Crippen LogP contribution in [-0.2, 0) is 17.5 Å². The summed E-state index contributed by atoms with van der Waals surface area (Å²) >= 11 is 0. The molecule has 0 aliphatic carbocycles. The third kappa shape index (κ3) is 6.83. The fourth-order valence-corrected chi connectivity index (χ4v) is 4.71. The van der Waals surface area contributed by atoms with Gasteiger partial charge in [0.1, 0.15) is 23.1 Å². The Morgan fingerprint density at radius 3 is 2.52 bits per heavy atom. The van der Waals surface area contributed by atoms with Crippen molar-refractivity contribution >= 4 is 17.1 Å². The lowest BCUT2D eigenvalue weighted by Crippen LogP contribution is -2.41. The fraction of sp³-hybridized carbons (Fsp3) is 0.500. The Labute approximate surface area is 230 Å². The van der Waals surface area contributed by atoms with Gasteiger partial charge in [-0.2, -0.15) is 18.4 Å². The number of carbonyl (C=O) groups is 1. The number of aromatic nitrogens is 3. The molecule has 4 rings (SSSR count). The molecule has 0 bridgehead atoms. The third-order valence-electron chi connectivity index (χ3n) is 6.67. The lowest BCUT2D eigenvalue weighted by atomic mass is 9.94. The first-order chi connectivity index (χ1) is 18.9. The van der Waals surface area contributed by atoms with Gasteiger partial charge in [0.25, 0.3) is 0 Å². The van der Waals surface area contributed by atoms with Crippen LogP contribution in [0.25, 0.3) is 22.3 Å². The minimum absolute atomic E-state index is 0.0971. The van der Waals surface area contributed by atoms with Gasteiger partial charge in [-0.25, -0.2) is 14.8 Å². The van der Waals surface area contributed by atoms with E-state index in [0.717, 1.165) is 6.07 Å². The molecule has 0 atom stereocenters. The van der Waals surface area contributed by atoms with Gasteiger partial charge in [0.05, 0.1) is 24.5 Å². The van der Waals surface area contributed by atoms with E-state index >= 15 is 0 Å². The van der Waals surface area contributed by atoms with Crippen LogP contribution in [0.3, 0.4) is 0 Å². The van der Waals surface area contributed by atoms with E-state index in [2.05, 4.69) is 9.97 Å². The van der Waals surface area contributed by atoms with Gasteiger partial charge < -0.3 is 24.0 Å². The SMILES string of the molecule is CC(C)(C)OC(=O)N1CCC(CCOc2ccc(-c3nc(C#N)nc4c3ccn4CCO)cc2C(F)(F)F)CC1. The number of halogens is 3. The molecule has 1 aliphatic heterocycles. The van der Waals surface area contributed by atoms with Gasteiger partial charge in [0.2, 0.25) is 5.82 Å². The van der Waals surface area contributed by atoms with Crippen molar-refractivity contribution in [1.82, 2.24) is 19.4 Å². The highest BCUT2D eigenvalue weighted by Crippen LogP contribution is 2.40. The number of hydrogen-bond donors (Lipinski definition) is 1. The summed E-state index contributed by atoms with van der Waals surface area (Å²) in [7, 11) is 0. The van der Waals surface area contributed by atoms with E-state index in [1.54, 1.807) is 21.7 Å². The van der Waals surface area contributed by atoms with E-state index in [0.29, 0.717) is 43.4 Å². The molecule has 1 saturated heterocycles. The van der Waals surface area contributed by atoms with Gasteiger partial charge in [-0.15, -0.1) is 0 Å². The zero-order valence-electron chi connectivity index (χ0n) is 22.7. The molecule has 0 unspecified atom stereocenters. The highest BCUT2D eigenvalue weighted by molar-refractivity contribution is 5.91. The first kappa shape index (κ1) is 29.1. The van der Waals surface area contributed by atoms with Crippen molar-refractivity contribution in [2.75, 3.05) is 26.3 Å². The van der Waals surface area contributed by atoms with Gasteiger partial charge in [-0.1, -0.05) is 0 Å². The molecular weight excluding hydrogens is 527 g/mol. The van der Waals surface area contributed by atoms with Crippen LogP contribution in [-0.4, -0.2) is 62.5 Å². The normalized spacial score (nSPS) is 14.8. The van der Waals surface area contributed by atoms with Crippen molar-refractivity contribution in [3.8, 4) is 23.1 Å². The fourth-order valence-electron chi connectivity index (χ4n) is 4.71. The third-order valence-corrected chi connectivity index (χ3v) is 6.67. The Bertz CT molecular complexity index is 1400. The molecule has 3 aromatic rings. The molecule has 1 N–H and O–H groups in total. The molecule has 1 amide bonds. The van der Waals surface area contributed by atoms with E-state index in [9.17, 15) is 28.3 Å². The number of nitriles is 1. The summed E-state index contributed by atoms with van der Waals surface area (Å²) in [6.07, 6.45) is -1.41. The number of carbonyl (C=O) groups excluding carboxylic acids is 1. The molecule has 0 radical (unpaired) electrons. The average Bonchev–Trinajstić information content (AvgIpc) is 3.30. The number of benzene rings is 1. The van der Waals surface area contributed by atoms with Crippen LogP contribution in [0.5, 0.6) is 5.75 Å². The number of hydrogen-bond acceptors (Lipinski definition) is 7. The van der Waals surface area contributed by atoms with Gasteiger partial charge in [0, 0.05) is 36.8 Å². The second-order valence-corrected chi connectivity index (χ2v) is 10.7. The molecule has 1 fully saturated rings. The Balaban J connectivity index is 1.48. The quantitative estimate of drug-likeness (QED) is 0.413. The van der Waals surface area contributed by atoms with E-state index in [1.807, 2.05) is 26.8 Å². The smallest absolute Gasteiger partial charge is 0.419 e. The topological polar surface area (TPSA) is 113 Å². The average molecular weight is 560 g/mol. The summed E-state index contributed by atoms with van der Waals surface area (Å²) in [5, 5.41) is 19.2. The first-order valence-corrected chi connectivity index (χ1v) is 13.1. The molecule has 40 heavy (non-hydrogen) atoms. The maximum atomic E-state index is 14.1. The molecule has 12 heteroatoms. The predicted octanol–water partition coefficient (Wildman–Crippen LogP) is 5.40. The number of rotatable bonds is 7. The molecule has 0 spiro atoms. The van der Waals surface area contributed by atoms with E-state index in [4.69, 9.17) is 9.47 Å². The van der Waals surface area contributed by atoms with E-state index < -0.39 is 17.3 Å². The molecule has 1 aromatic carbocycles. The van der Waals surface area contributed by atoms with Crippen molar-refractivity contribution in [3.63, 3.8) is 0 Å². The van der Waals surface area contributed by atoms with Crippen LogP contribution < -0.4 is 4.74 Å². The molecular formula is C28H32F3N5O4. The Hall–Kier alpha value is -3.85. The Kier molecular flexibility index (Phi) is 8.54. The monoisotopic (exact) mass is 559 g/mol. The van der Waals surface area contributed by atoms with Crippen LogP contribution in [0.15, 0.2) is 30.5 Å². The van der Waals surface area contributed by atoms with Crippen molar-refractivity contribution in [1.29, 1.82) is 5.26 Å². The molecule has 3 heterocycles. The standard InChI is InChI=1S/C28H32F3N5O4/c1-27(2,3)40-26(38)36-10-6-18(7-11-36)9-15-39-22-5-4-19(16-21(22)28(29,30)31)24-20-8-12-35(13-14-37)25(20)34-23(17-32)33-24/h4-5,8,12,16,18,37H,6-7,9-11,13-15H2,1-3H3. The molecule has 2 aromatic heterocycles. The van der Waals surface area contributed by atoms with Crippen LogP contribution >= 0.6 is 0 Å². The zero-order chi connectivity index (χ0) is 29.1. The minimum Gasteiger partial charge on any atom is -0.493 e. The number of amides is 1. The van der Waals surface area contributed by atoms with Crippen LogP contribution in [0.4, 0.5) is 18.0 Å². The second-order valence-electron chi connectivity index (χ2n) is 10.7. The number of nitrogens with zero attached hydrogens (tertiary/aromatic N) is 5. The van der Waals surface area contributed by atoms with Crippen LogP contribution in [0.2, 0.25) is 0 Å². The second kappa shape index (κ2) is 11.7. The highest BCUT2D eigenvalue weighted by atomic mass is 19.4. The van der Waals surface area contributed by atoms with Crippen molar-refractivity contribution in [2.45, 2.75) is 58.4 Å². The van der Waals surface area contributed by atoms with Gasteiger partial charge in [-0.3, -0.25) is 0 Å². The van der Waals surface area contributed by atoms with Gasteiger partial charge in [-0.05, 0) is 70.2 Å². The van der Waals surface area contributed by atoms with E-state index in [-0.39, 0.29) is 54.6 Å². The number of aliphatic hydroxyl groups excluding tert-OH is 1. The highest BCUT2D eigenvalue weighted by Gasteiger charge is 2.35. The minimum atomic E-state index is -4.68. The summed E-state index contributed by atoms with van der Waals surface area (Å²) in [6, 6.07) is 7.22. The van der Waals surface area contributed by atoms with Crippen molar-refractivity contribution < 1.29 is 32.5 Å². The van der Waals surface area contributed by atoms with Crippen LogP contribution in [0, 0.1) is 17.2 Å². The summed E-state index contributed by atoms with van der Waals surface area (Å²) in [6.45, 7) is 6.63. The largest absolute Gasteiger partial charge is 0.493 e. The number of ether oxygens (including phenoxy) is 2. The Morgan fingerprint density at radius 1 is 1.18 bits per heavy atom. The molecule has 214 valence electrons. The molecule has 0 saturated carbocycles. The molecule has 9 nitrogen and oxygen atoms in total. The maximum Gasteiger partial charge on any atom is 0.419 e. The lowest BCUT2D eigenvalue weighted by molar-refractivity contribution is -0.138. The maximum absolute atomic E-state index is 14.1. The summed E-state index contributed by atoms with van der Waals surface area (Å²) in [4.78, 5) is 22.3. The van der Waals surface area contributed by atoms with Crippen molar-refractivity contribution in [2.24, 2.45) is 5.92 Å². The van der Waals surface area contributed by atoms with E-state index in [1.165, 1.54) is 12.1 Å². The number of likely N-dealkylation sites (tertiary alicyclic amines) is 1. The first-order valence-electron chi connectivity index (χ1n) is 13.1. The van der Waals surface area contributed by atoms with Gasteiger partial charge >= 0.3 is 12.3 Å². The van der Waals surface area contributed by atoms with Crippen LogP contribution in [0.1, 0.15) is 51.4 Å². The zero-order valence-corrected chi connectivity index (χ0v) is 22.7. The Morgan fingerprint density at radius 2 is 1.90 bits per heavy atom. The summed E-state index contributed by atoms with van der Waals surface area (Å²) in [5.41, 5.74) is -0.811.